The van der Waals surface area contributed by atoms with Crippen molar-refractivity contribution >= 4 is 11.9 Å². The van der Waals surface area contributed by atoms with Crippen LogP contribution in [-0.4, -0.2) is 20.0 Å². The van der Waals surface area contributed by atoms with Crippen LogP contribution in [0.15, 0.2) is 18.2 Å². The Hall–Kier alpha value is -1.77. The molecule has 0 aliphatic heterocycles. The van der Waals surface area contributed by atoms with E-state index in [4.69, 9.17) is 9.47 Å². The van der Waals surface area contributed by atoms with Crippen molar-refractivity contribution < 1.29 is 14.3 Å². The summed E-state index contributed by atoms with van der Waals surface area (Å²) in [5.74, 6) is 1.52. The Balaban J connectivity index is 3.16. The van der Waals surface area contributed by atoms with Crippen molar-refractivity contribution in [2.24, 2.45) is 0 Å². The minimum atomic E-state index is 0.0125. The first kappa shape index (κ1) is 12.3. The Morgan fingerprint density at radius 1 is 1.19 bits per heavy atom. The third-order valence-electron chi connectivity index (χ3n) is 2.29. The third kappa shape index (κ3) is 2.86. The molecule has 0 amide bonds. The molecule has 0 unspecified atom stereocenters. The van der Waals surface area contributed by atoms with Crippen molar-refractivity contribution in [3.05, 3.63) is 29.3 Å². The Kier molecular flexibility index (Phi) is 4.11. The molecule has 3 nitrogen and oxygen atoms in total. The molecule has 0 saturated heterocycles. The fraction of sp³-hybridized carbons (Fsp3) is 0.308. The average molecular weight is 220 g/mol. The van der Waals surface area contributed by atoms with E-state index in [9.17, 15) is 4.79 Å². The first-order chi connectivity index (χ1) is 7.58. The summed E-state index contributed by atoms with van der Waals surface area (Å²) in [6.07, 6.45) is 3.26. The van der Waals surface area contributed by atoms with Crippen LogP contribution >= 0.6 is 0 Å². The summed E-state index contributed by atoms with van der Waals surface area (Å²) < 4.78 is 10.5. The van der Waals surface area contributed by atoms with E-state index < -0.39 is 0 Å². The molecular weight excluding hydrogens is 204 g/mol. The Morgan fingerprint density at radius 3 is 2.06 bits per heavy atom. The van der Waals surface area contributed by atoms with Crippen LogP contribution in [0.25, 0.3) is 6.08 Å². The van der Waals surface area contributed by atoms with Gasteiger partial charge in [-0.2, -0.15) is 0 Å². The van der Waals surface area contributed by atoms with E-state index in [1.165, 1.54) is 13.0 Å². The van der Waals surface area contributed by atoms with Gasteiger partial charge in [0.15, 0.2) is 5.78 Å². The van der Waals surface area contributed by atoms with E-state index in [2.05, 4.69) is 0 Å². The fourth-order valence-electron chi connectivity index (χ4n) is 1.42. The summed E-state index contributed by atoms with van der Waals surface area (Å²) in [7, 11) is 3.22. The number of hydrogen-bond acceptors (Lipinski definition) is 3. The third-order valence-corrected chi connectivity index (χ3v) is 2.29. The molecule has 0 aliphatic carbocycles. The predicted molar refractivity (Wildman–Crippen MR) is 64.0 cm³/mol. The second-order valence-electron chi connectivity index (χ2n) is 3.49. The van der Waals surface area contributed by atoms with Crippen LogP contribution in [-0.2, 0) is 4.79 Å². The van der Waals surface area contributed by atoms with Gasteiger partial charge in [-0.1, -0.05) is 6.08 Å². The maximum atomic E-state index is 10.8. The number of ketones is 1. The van der Waals surface area contributed by atoms with Crippen LogP contribution in [0.3, 0.4) is 0 Å². The predicted octanol–water partition coefficient (Wildman–Crippen LogP) is 2.61. The van der Waals surface area contributed by atoms with Crippen molar-refractivity contribution in [2.75, 3.05) is 14.2 Å². The largest absolute Gasteiger partial charge is 0.496 e. The zero-order valence-electron chi connectivity index (χ0n) is 10.0. The molecule has 0 heterocycles. The number of carbonyl (C=O) groups is 1. The lowest BCUT2D eigenvalue weighted by molar-refractivity contribution is -0.112. The molecule has 1 aromatic carbocycles. The van der Waals surface area contributed by atoms with Gasteiger partial charge >= 0.3 is 0 Å². The molecule has 0 aliphatic rings. The highest BCUT2D eigenvalue weighted by atomic mass is 16.5. The topological polar surface area (TPSA) is 35.5 Å². The molecular formula is C13H16O3. The molecule has 1 rings (SSSR count). The van der Waals surface area contributed by atoms with Gasteiger partial charge in [-0.05, 0) is 37.6 Å². The monoisotopic (exact) mass is 220 g/mol. The Labute approximate surface area is 95.7 Å². The molecule has 0 aromatic heterocycles. The number of carbonyl (C=O) groups excluding carboxylic acids is 1. The van der Waals surface area contributed by atoms with Crippen molar-refractivity contribution in [1.82, 2.24) is 0 Å². The van der Waals surface area contributed by atoms with Gasteiger partial charge in [0.1, 0.15) is 11.5 Å². The van der Waals surface area contributed by atoms with Crippen molar-refractivity contribution in [2.45, 2.75) is 13.8 Å². The number of rotatable bonds is 4. The average Bonchev–Trinajstić information content (AvgIpc) is 2.27. The van der Waals surface area contributed by atoms with Gasteiger partial charge in [-0.15, -0.1) is 0 Å². The number of hydrogen-bond donors (Lipinski definition) is 0. The first-order valence-corrected chi connectivity index (χ1v) is 4.99. The highest BCUT2D eigenvalue weighted by molar-refractivity contribution is 5.91. The van der Waals surface area contributed by atoms with Gasteiger partial charge in [0.2, 0.25) is 0 Å². The van der Waals surface area contributed by atoms with Crippen LogP contribution in [0.4, 0.5) is 0 Å². The van der Waals surface area contributed by atoms with Gasteiger partial charge in [0, 0.05) is 5.56 Å². The zero-order chi connectivity index (χ0) is 12.1. The molecule has 0 atom stereocenters. The molecule has 0 fully saturated rings. The normalized spacial score (nSPS) is 10.5. The summed E-state index contributed by atoms with van der Waals surface area (Å²) in [5, 5.41) is 0. The Morgan fingerprint density at radius 2 is 1.69 bits per heavy atom. The molecule has 86 valence electrons. The van der Waals surface area contributed by atoms with E-state index >= 15 is 0 Å². The standard InChI is InChI=1S/C13H16O3/c1-9(14)5-6-11-7-12(15-3)10(2)13(8-11)16-4/h5-8H,1-4H3/b6-5+. The number of ether oxygens (including phenoxy) is 2. The number of benzene rings is 1. The fourth-order valence-corrected chi connectivity index (χ4v) is 1.42. The molecule has 0 radical (unpaired) electrons. The minimum Gasteiger partial charge on any atom is -0.496 e. The lowest BCUT2D eigenvalue weighted by atomic mass is 10.1. The molecule has 0 saturated carbocycles. The van der Waals surface area contributed by atoms with Gasteiger partial charge < -0.3 is 9.47 Å². The van der Waals surface area contributed by atoms with Gasteiger partial charge in [-0.25, -0.2) is 0 Å². The SMILES string of the molecule is COc1cc(/C=C/C(C)=O)cc(OC)c1C. The van der Waals surface area contributed by atoms with E-state index in [1.807, 2.05) is 19.1 Å². The summed E-state index contributed by atoms with van der Waals surface area (Å²) in [6.45, 7) is 3.44. The maximum Gasteiger partial charge on any atom is 0.152 e. The van der Waals surface area contributed by atoms with Crippen LogP contribution in [0.5, 0.6) is 11.5 Å². The van der Waals surface area contributed by atoms with Crippen LogP contribution in [0.1, 0.15) is 18.1 Å². The molecule has 0 spiro atoms. The van der Waals surface area contributed by atoms with Crippen LogP contribution < -0.4 is 9.47 Å². The van der Waals surface area contributed by atoms with Crippen LogP contribution in [0.2, 0.25) is 0 Å². The lowest BCUT2D eigenvalue weighted by Crippen LogP contribution is -1.93. The minimum absolute atomic E-state index is 0.0125. The smallest absolute Gasteiger partial charge is 0.152 e. The van der Waals surface area contributed by atoms with E-state index in [-0.39, 0.29) is 5.78 Å². The second kappa shape index (κ2) is 5.35. The summed E-state index contributed by atoms with van der Waals surface area (Å²) in [5.41, 5.74) is 1.83. The van der Waals surface area contributed by atoms with Gasteiger partial charge in [0.05, 0.1) is 14.2 Å². The molecule has 16 heavy (non-hydrogen) atoms. The highest BCUT2D eigenvalue weighted by Crippen LogP contribution is 2.29. The van der Waals surface area contributed by atoms with E-state index in [0.29, 0.717) is 0 Å². The summed E-state index contributed by atoms with van der Waals surface area (Å²) in [4.78, 5) is 10.8. The Bertz CT molecular complexity index is 394. The molecule has 3 heteroatoms. The van der Waals surface area contributed by atoms with E-state index in [1.54, 1.807) is 20.3 Å². The van der Waals surface area contributed by atoms with E-state index in [0.717, 1.165) is 22.6 Å². The first-order valence-electron chi connectivity index (χ1n) is 4.99. The number of methoxy groups -OCH3 is 2. The molecule has 0 N–H and O–H groups in total. The lowest BCUT2D eigenvalue weighted by Gasteiger charge is -2.10. The van der Waals surface area contributed by atoms with Crippen molar-refractivity contribution in [3.8, 4) is 11.5 Å². The molecule has 1 aromatic rings. The van der Waals surface area contributed by atoms with Gasteiger partial charge in [-0.3, -0.25) is 4.79 Å². The number of allylic oxidation sites excluding steroid dienone is 1. The second-order valence-corrected chi connectivity index (χ2v) is 3.49. The maximum absolute atomic E-state index is 10.8. The quantitative estimate of drug-likeness (QED) is 0.732. The van der Waals surface area contributed by atoms with Gasteiger partial charge in [0.25, 0.3) is 0 Å². The van der Waals surface area contributed by atoms with Crippen molar-refractivity contribution in [1.29, 1.82) is 0 Å². The molecule has 0 bridgehead atoms. The van der Waals surface area contributed by atoms with Crippen LogP contribution in [0, 0.1) is 6.92 Å². The zero-order valence-corrected chi connectivity index (χ0v) is 10.0. The van der Waals surface area contributed by atoms with Crippen molar-refractivity contribution in [3.63, 3.8) is 0 Å². The highest BCUT2D eigenvalue weighted by Gasteiger charge is 2.06. The summed E-state index contributed by atoms with van der Waals surface area (Å²) >= 11 is 0. The summed E-state index contributed by atoms with van der Waals surface area (Å²) in [6, 6.07) is 3.74.